The molecule has 1 aromatic carbocycles. The highest BCUT2D eigenvalue weighted by atomic mass is 35.5. The van der Waals surface area contributed by atoms with E-state index in [0.717, 1.165) is 16.8 Å². The summed E-state index contributed by atoms with van der Waals surface area (Å²) < 4.78 is 7.11. The van der Waals surface area contributed by atoms with Gasteiger partial charge in [-0.2, -0.15) is 0 Å². The Bertz CT molecular complexity index is 841. The summed E-state index contributed by atoms with van der Waals surface area (Å²) in [5, 5.41) is 0.556. The fraction of sp³-hybridized carbons (Fsp3) is 0.176. The first-order valence-corrected chi connectivity index (χ1v) is 7.38. The van der Waals surface area contributed by atoms with Crippen LogP contribution in [0.4, 0.5) is 0 Å². The Balaban J connectivity index is 2.39. The summed E-state index contributed by atoms with van der Waals surface area (Å²) in [4.78, 5) is 16.8. The Morgan fingerprint density at radius 3 is 2.68 bits per heavy atom. The van der Waals surface area contributed by atoms with Crippen molar-refractivity contribution >= 4 is 28.6 Å². The quantitative estimate of drug-likeness (QED) is 0.684. The number of aryl methyl sites for hydroxylation is 1. The topological polar surface area (TPSA) is 44.1 Å². The molecule has 3 rings (SSSR count). The van der Waals surface area contributed by atoms with Crippen molar-refractivity contribution in [2.75, 3.05) is 6.61 Å². The maximum atomic E-state index is 12.5. The summed E-state index contributed by atoms with van der Waals surface area (Å²) in [7, 11) is 1.88. The lowest BCUT2D eigenvalue weighted by Gasteiger charge is -2.07. The molecule has 0 unspecified atom stereocenters. The Labute approximate surface area is 133 Å². The number of carbonyl (C=O) groups is 1. The van der Waals surface area contributed by atoms with Crippen molar-refractivity contribution in [3.05, 3.63) is 53.2 Å². The van der Waals surface area contributed by atoms with E-state index in [-0.39, 0.29) is 5.97 Å². The van der Waals surface area contributed by atoms with Crippen LogP contribution in [0.15, 0.2) is 42.6 Å². The molecule has 0 amide bonds. The summed E-state index contributed by atoms with van der Waals surface area (Å²) in [6, 6.07) is 11.4. The van der Waals surface area contributed by atoms with Gasteiger partial charge in [0, 0.05) is 13.2 Å². The zero-order chi connectivity index (χ0) is 15.7. The van der Waals surface area contributed by atoms with Crippen LogP contribution in [0.3, 0.4) is 0 Å². The summed E-state index contributed by atoms with van der Waals surface area (Å²) in [6.07, 6.45) is 1.60. The van der Waals surface area contributed by atoms with E-state index in [2.05, 4.69) is 4.98 Å². The van der Waals surface area contributed by atoms with Gasteiger partial charge >= 0.3 is 5.97 Å². The average Bonchev–Trinajstić information content (AvgIpc) is 2.82. The summed E-state index contributed by atoms with van der Waals surface area (Å²) in [5.41, 5.74) is 3.42. The van der Waals surface area contributed by atoms with Crippen LogP contribution >= 0.6 is 11.6 Å². The van der Waals surface area contributed by atoms with Gasteiger partial charge in [-0.25, -0.2) is 4.79 Å². The van der Waals surface area contributed by atoms with E-state index in [9.17, 15) is 4.79 Å². The molecule has 0 radical (unpaired) electrons. The molecule has 0 saturated heterocycles. The normalized spacial score (nSPS) is 10.9. The van der Waals surface area contributed by atoms with Gasteiger partial charge in [0.2, 0.25) is 0 Å². The molecule has 0 aliphatic heterocycles. The first-order valence-electron chi connectivity index (χ1n) is 7.00. The minimum Gasteiger partial charge on any atom is -0.462 e. The zero-order valence-electron chi connectivity index (χ0n) is 12.3. The molecule has 0 atom stereocenters. The fourth-order valence-corrected chi connectivity index (χ4v) is 2.93. The number of hydrogen-bond donors (Lipinski definition) is 0. The molecule has 0 saturated carbocycles. The van der Waals surface area contributed by atoms with Crippen LogP contribution in [0.2, 0.25) is 5.02 Å². The highest BCUT2D eigenvalue weighted by Gasteiger charge is 2.25. The van der Waals surface area contributed by atoms with Crippen molar-refractivity contribution in [1.29, 1.82) is 0 Å². The van der Waals surface area contributed by atoms with Crippen molar-refractivity contribution in [2.24, 2.45) is 7.05 Å². The van der Waals surface area contributed by atoms with Gasteiger partial charge in [-0.15, -0.1) is 0 Å². The fourth-order valence-electron chi connectivity index (χ4n) is 2.65. The van der Waals surface area contributed by atoms with E-state index in [1.165, 1.54) is 0 Å². The second-order valence-electron chi connectivity index (χ2n) is 4.86. The van der Waals surface area contributed by atoms with Crippen LogP contribution < -0.4 is 0 Å². The third-order valence-corrected chi connectivity index (χ3v) is 3.85. The van der Waals surface area contributed by atoms with Gasteiger partial charge in [-0.1, -0.05) is 41.9 Å². The molecule has 5 heteroatoms. The van der Waals surface area contributed by atoms with Crippen molar-refractivity contribution < 1.29 is 9.53 Å². The van der Waals surface area contributed by atoms with Crippen molar-refractivity contribution in [3.63, 3.8) is 0 Å². The molecule has 0 N–H and O–H groups in total. The third-order valence-electron chi connectivity index (χ3n) is 3.55. The molecule has 112 valence electrons. The standard InChI is InChI=1S/C17H15ClN2O2/c1-3-22-17(21)13-14-16(12(18)9-10-19-14)20(2)15(13)11-7-5-4-6-8-11/h4-10H,3H2,1-2H3. The number of benzene rings is 1. The van der Waals surface area contributed by atoms with Crippen molar-refractivity contribution in [2.45, 2.75) is 6.92 Å². The highest BCUT2D eigenvalue weighted by Crippen LogP contribution is 2.35. The highest BCUT2D eigenvalue weighted by molar-refractivity contribution is 6.35. The molecule has 0 aliphatic rings. The Morgan fingerprint density at radius 1 is 1.27 bits per heavy atom. The maximum Gasteiger partial charge on any atom is 0.342 e. The van der Waals surface area contributed by atoms with Gasteiger partial charge in [0.25, 0.3) is 0 Å². The number of ether oxygens (including phenoxy) is 1. The number of aromatic nitrogens is 2. The number of pyridine rings is 1. The predicted octanol–water partition coefficient (Wildman–Crippen LogP) is 4.07. The second kappa shape index (κ2) is 5.81. The number of fused-ring (bicyclic) bond motifs is 1. The van der Waals surface area contributed by atoms with Gasteiger partial charge in [-0.05, 0) is 18.6 Å². The van der Waals surface area contributed by atoms with Crippen molar-refractivity contribution in [3.8, 4) is 11.3 Å². The minimum atomic E-state index is -0.387. The van der Waals surface area contributed by atoms with Crippen LogP contribution in [0.25, 0.3) is 22.3 Å². The maximum absolute atomic E-state index is 12.5. The Hall–Kier alpha value is -2.33. The molecular weight excluding hydrogens is 300 g/mol. The van der Waals surface area contributed by atoms with Gasteiger partial charge < -0.3 is 9.30 Å². The first kappa shape index (κ1) is 14.6. The molecule has 2 heterocycles. The van der Waals surface area contributed by atoms with E-state index < -0.39 is 0 Å². The van der Waals surface area contributed by atoms with E-state index in [4.69, 9.17) is 16.3 Å². The predicted molar refractivity (Wildman–Crippen MR) is 87.1 cm³/mol. The summed E-state index contributed by atoms with van der Waals surface area (Å²) in [6.45, 7) is 2.09. The largest absolute Gasteiger partial charge is 0.462 e. The molecule has 4 nitrogen and oxygen atoms in total. The Kier molecular flexibility index (Phi) is 3.86. The lowest BCUT2D eigenvalue weighted by Crippen LogP contribution is -2.07. The molecule has 22 heavy (non-hydrogen) atoms. The van der Waals surface area contributed by atoms with Crippen LogP contribution in [0.5, 0.6) is 0 Å². The number of nitrogens with zero attached hydrogens (tertiary/aromatic N) is 2. The number of carbonyl (C=O) groups excluding carboxylic acids is 1. The molecule has 0 spiro atoms. The monoisotopic (exact) mass is 314 g/mol. The number of hydrogen-bond acceptors (Lipinski definition) is 3. The van der Waals surface area contributed by atoms with Crippen LogP contribution in [0.1, 0.15) is 17.3 Å². The molecule has 3 aromatic rings. The van der Waals surface area contributed by atoms with Crippen molar-refractivity contribution in [1.82, 2.24) is 9.55 Å². The smallest absolute Gasteiger partial charge is 0.342 e. The average molecular weight is 315 g/mol. The number of esters is 1. The van der Waals surface area contributed by atoms with E-state index in [1.807, 2.05) is 41.9 Å². The van der Waals surface area contributed by atoms with E-state index >= 15 is 0 Å². The summed E-state index contributed by atoms with van der Waals surface area (Å²) in [5.74, 6) is -0.387. The van der Waals surface area contributed by atoms with E-state index in [1.54, 1.807) is 19.2 Å². The van der Waals surface area contributed by atoms with Gasteiger partial charge in [0.1, 0.15) is 11.1 Å². The van der Waals surface area contributed by atoms with Gasteiger partial charge in [0.15, 0.2) is 0 Å². The first-order chi connectivity index (χ1) is 10.6. The number of halogens is 1. The molecule has 2 aromatic heterocycles. The van der Waals surface area contributed by atoms with Crippen LogP contribution in [-0.2, 0) is 11.8 Å². The van der Waals surface area contributed by atoms with Gasteiger partial charge in [-0.3, -0.25) is 4.98 Å². The lowest BCUT2D eigenvalue weighted by atomic mass is 10.1. The third kappa shape index (κ3) is 2.25. The zero-order valence-corrected chi connectivity index (χ0v) is 13.1. The summed E-state index contributed by atoms with van der Waals surface area (Å²) >= 11 is 6.30. The second-order valence-corrected chi connectivity index (χ2v) is 5.27. The lowest BCUT2D eigenvalue weighted by molar-refractivity contribution is 0.0529. The molecule has 0 bridgehead atoms. The SMILES string of the molecule is CCOC(=O)c1c(-c2ccccc2)n(C)c2c(Cl)ccnc12. The molecule has 0 fully saturated rings. The Morgan fingerprint density at radius 2 is 2.00 bits per heavy atom. The van der Waals surface area contributed by atoms with Crippen LogP contribution in [-0.4, -0.2) is 22.1 Å². The van der Waals surface area contributed by atoms with Crippen LogP contribution in [0, 0.1) is 0 Å². The molecular formula is C17H15ClN2O2. The minimum absolute atomic E-state index is 0.310. The molecule has 0 aliphatic carbocycles. The van der Waals surface area contributed by atoms with E-state index in [0.29, 0.717) is 22.7 Å². The van der Waals surface area contributed by atoms with Gasteiger partial charge in [0.05, 0.1) is 22.8 Å². The number of rotatable bonds is 3.